The molecule has 0 aliphatic carbocycles. The number of rotatable bonds is 3. The van der Waals surface area contributed by atoms with Crippen LogP contribution in [0.1, 0.15) is 32.6 Å². The highest BCUT2D eigenvalue weighted by Crippen LogP contribution is 2.29. The molecule has 1 fully saturated rings. The van der Waals surface area contributed by atoms with Gasteiger partial charge in [0.1, 0.15) is 17.8 Å². The van der Waals surface area contributed by atoms with Gasteiger partial charge >= 0.3 is 5.91 Å². The fraction of sp³-hybridized carbons (Fsp3) is 0.529. The Hall–Kier alpha value is -2.62. The lowest BCUT2D eigenvalue weighted by Crippen LogP contribution is -2.53. The van der Waals surface area contributed by atoms with Crippen molar-refractivity contribution in [3.8, 4) is 0 Å². The summed E-state index contributed by atoms with van der Waals surface area (Å²) in [6, 6.07) is -2.03. The van der Waals surface area contributed by atoms with E-state index in [1.165, 1.54) is 7.05 Å². The molecule has 1 aliphatic rings. The van der Waals surface area contributed by atoms with Gasteiger partial charge in [-0.1, -0.05) is 6.85 Å². The van der Waals surface area contributed by atoms with Crippen LogP contribution in [0.3, 0.4) is 0 Å². The normalized spacial score (nSPS) is 33.8. The lowest BCUT2D eigenvalue weighted by atomic mass is 9.92. The second-order valence-corrected chi connectivity index (χ2v) is 5.26. The fourth-order valence-electron chi connectivity index (χ4n) is 2.42. The molecule has 3 heterocycles. The summed E-state index contributed by atoms with van der Waals surface area (Å²) in [7, 11) is 1.24. The Morgan fingerprint density at radius 2 is 2.54 bits per heavy atom. The zero-order valence-electron chi connectivity index (χ0n) is 23.1. The fourth-order valence-corrected chi connectivity index (χ4v) is 2.42. The molecule has 2 aromatic rings. The number of likely N-dealkylation sites (tertiary alicyclic amines) is 1. The van der Waals surface area contributed by atoms with E-state index in [2.05, 4.69) is 19.8 Å². The summed E-state index contributed by atoms with van der Waals surface area (Å²) in [5, 5.41) is 0.121. The third-order valence-corrected chi connectivity index (χ3v) is 3.57. The molecule has 0 spiro atoms. The largest absolute Gasteiger partial charge is 0.354 e. The molecule has 24 heavy (non-hydrogen) atoms. The number of carbonyl (C=O) groups is 1. The monoisotopic (exact) mass is 336 g/mol. The maximum atomic E-state index is 12.7. The third kappa shape index (κ3) is 2.92. The van der Waals surface area contributed by atoms with Crippen molar-refractivity contribution in [2.45, 2.75) is 26.2 Å². The number of aromatic nitrogens is 3. The number of likely N-dealkylation sites (N-methyl/N-ethyl adjacent to an activating group) is 1. The van der Waals surface area contributed by atoms with Crippen LogP contribution in [-0.4, -0.2) is 58.4 Å². The van der Waals surface area contributed by atoms with E-state index in [9.17, 15) is 4.79 Å². The van der Waals surface area contributed by atoms with E-state index >= 15 is 0 Å². The van der Waals surface area contributed by atoms with Gasteiger partial charge in [0.15, 0.2) is 0 Å². The smallest absolute Gasteiger partial charge is 0.302 e. The van der Waals surface area contributed by atoms with E-state index in [4.69, 9.17) is 20.3 Å². The van der Waals surface area contributed by atoms with Crippen LogP contribution in [-0.2, 0) is 4.79 Å². The minimum Gasteiger partial charge on any atom is -0.354 e. The van der Waals surface area contributed by atoms with Gasteiger partial charge in [0.2, 0.25) is 0 Å². The topological polar surface area (TPSA) is 69.5 Å². The van der Waals surface area contributed by atoms with E-state index in [1.807, 2.05) is 0 Å². The highest BCUT2D eigenvalue weighted by molar-refractivity contribution is 5.88. The van der Waals surface area contributed by atoms with Gasteiger partial charge in [-0.3, -0.25) is 4.79 Å². The van der Waals surface area contributed by atoms with Gasteiger partial charge < -0.3 is 19.6 Å². The predicted molar refractivity (Wildman–Crippen MR) is 92.6 cm³/mol. The summed E-state index contributed by atoms with van der Waals surface area (Å²) in [6.07, 6.45) is -2.17. The van der Waals surface area contributed by atoms with Crippen LogP contribution in [0, 0.1) is 19.4 Å². The van der Waals surface area contributed by atoms with E-state index in [0.29, 0.717) is 5.69 Å². The van der Waals surface area contributed by atoms with Crippen LogP contribution in [0.15, 0.2) is 12.4 Å². The molecule has 0 bridgehead atoms. The van der Waals surface area contributed by atoms with Crippen LogP contribution in [0.4, 0.5) is 5.82 Å². The Kier molecular flexibility index (Phi) is 2.15. The number of aromatic amines is 1. The molecule has 1 amide bonds. The molecule has 0 radical (unpaired) electrons. The molecule has 126 valence electrons. The summed E-state index contributed by atoms with van der Waals surface area (Å²) in [5.41, 5.74) is 0.616. The Balaban J connectivity index is 2.34. The quantitative estimate of drug-likeness (QED) is 0.869. The standard InChI is InChI=1S/C17H22N6O/c1-11-5-6-23(15(24)8-18-3)9-14(11)22(4)17-13-7-12(2)21-16(13)19-10-20-17/h7,10-11,14H,5-6,8-9H2,1-2,4H3,(H,19,20,21)/t11-,14+/m1/s1/i1D3,5D2,6D2,7D,9D2. The highest BCUT2D eigenvalue weighted by Gasteiger charge is 2.33. The number of hydrogen-bond acceptors (Lipinski definition) is 4. The molecule has 2 atom stereocenters. The van der Waals surface area contributed by atoms with Crippen molar-refractivity contribution in [1.82, 2.24) is 19.9 Å². The van der Waals surface area contributed by atoms with Crippen LogP contribution in [0.5, 0.6) is 0 Å². The Labute approximate surface area is 155 Å². The number of piperidine rings is 1. The van der Waals surface area contributed by atoms with Gasteiger partial charge in [0.25, 0.3) is 6.54 Å². The molecular formula is C17H22N6O. The molecule has 2 aromatic heterocycles. The number of aryl methyl sites for hydroxylation is 1. The molecule has 1 aliphatic heterocycles. The lowest BCUT2D eigenvalue weighted by molar-refractivity contribution is -0.130. The van der Waals surface area contributed by atoms with Gasteiger partial charge in [-0.2, -0.15) is 0 Å². The van der Waals surface area contributed by atoms with Crippen molar-refractivity contribution >= 4 is 22.8 Å². The Morgan fingerprint density at radius 1 is 1.71 bits per heavy atom. The zero-order chi connectivity index (χ0) is 26.0. The number of fused-ring (bicyclic) bond motifs is 1. The van der Waals surface area contributed by atoms with E-state index in [-0.39, 0.29) is 27.8 Å². The number of carbonyl (C=O) groups excluding carboxylic acids is 1. The molecule has 1 saturated heterocycles. The number of hydrogen-bond donors (Lipinski definition) is 1. The minimum absolute atomic E-state index is 0.0101. The second-order valence-electron chi connectivity index (χ2n) is 5.26. The van der Waals surface area contributed by atoms with Gasteiger partial charge in [0, 0.05) is 35.3 Å². The van der Waals surface area contributed by atoms with E-state index in [0.717, 1.165) is 11.2 Å². The van der Waals surface area contributed by atoms with Crippen molar-refractivity contribution in [3.05, 3.63) is 29.5 Å². The Bertz CT molecular complexity index is 1170. The van der Waals surface area contributed by atoms with Gasteiger partial charge in [0.05, 0.1) is 15.5 Å². The average molecular weight is 336 g/mol. The average Bonchev–Trinajstić information content (AvgIpc) is 2.97. The van der Waals surface area contributed by atoms with Crippen molar-refractivity contribution in [1.29, 1.82) is 0 Å². The van der Waals surface area contributed by atoms with Crippen LogP contribution in [0.25, 0.3) is 15.9 Å². The van der Waals surface area contributed by atoms with Crippen molar-refractivity contribution < 1.29 is 18.5 Å². The summed E-state index contributed by atoms with van der Waals surface area (Å²) in [6.45, 7) is -2.15. The number of nitrogens with one attached hydrogen (secondary N) is 1. The van der Waals surface area contributed by atoms with Crippen molar-refractivity contribution in [2.75, 3.05) is 31.5 Å². The van der Waals surface area contributed by atoms with Crippen molar-refractivity contribution in [3.63, 3.8) is 0 Å². The van der Waals surface area contributed by atoms with Crippen LogP contribution < -0.4 is 4.90 Å². The zero-order valence-corrected chi connectivity index (χ0v) is 13.1. The van der Waals surface area contributed by atoms with Crippen molar-refractivity contribution in [2.24, 2.45) is 5.92 Å². The second kappa shape index (κ2) is 6.48. The summed E-state index contributed by atoms with van der Waals surface area (Å²) < 4.78 is 83.2. The Morgan fingerprint density at radius 3 is 3.29 bits per heavy atom. The molecule has 1 N–H and O–H groups in total. The maximum Gasteiger partial charge on any atom is 0.302 e. The first-order valence-corrected chi connectivity index (χ1v) is 7.11. The first-order valence-electron chi connectivity index (χ1n) is 12.1. The number of nitrogens with zero attached hydrogens (tertiary/aromatic N) is 5. The van der Waals surface area contributed by atoms with Gasteiger partial charge in [-0.15, -0.1) is 0 Å². The van der Waals surface area contributed by atoms with E-state index < -0.39 is 50.6 Å². The molecule has 3 rings (SSSR count). The molecule has 0 saturated carbocycles. The van der Waals surface area contributed by atoms with Gasteiger partial charge in [-0.25, -0.2) is 16.5 Å². The number of H-pyrrole nitrogens is 1. The molecular weight excluding hydrogens is 304 g/mol. The summed E-state index contributed by atoms with van der Waals surface area (Å²) in [4.78, 5) is 27.5. The van der Waals surface area contributed by atoms with E-state index in [1.54, 1.807) is 6.92 Å². The molecule has 0 aromatic carbocycles. The van der Waals surface area contributed by atoms with Crippen LogP contribution >= 0.6 is 0 Å². The van der Waals surface area contributed by atoms with Crippen LogP contribution in [0.2, 0.25) is 0 Å². The summed E-state index contributed by atoms with van der Waals surface area (Å²) in [5.74, 6) is -3.70. The first-order chi connectivity index (χ1) is 15.4. The maximum absolute atomic E-state index is 12.7. The highest BCUT2D eigenvalue weighted by atomic mass is 16.2. The third-order valence-electron chi connectivity index (χ3n) is 3.57. The number of amides is 1. The van der Waals surface area contributed by atoms with Gasteiger partial charge in [-0.05, 0) is 25.3 Å². The molecule has 7 heteroatoms. The SMILES string of the molecule is [2H]c1c(C)[nH]c2ncnc(N(C)[C@@H]3[C@H](C([2H])([2H])[2H])C([2H])([2H])C([2H])([2H])N(C(=O)C[N+]#[C-])C3([2H])[2H])c12. The lowest BCUT2D eigenvalue weighted by Gasteiger charge is -2.41. The molecule has 7 nitrogen and oxygen atoms in total. The summed E-state index contributed by atoms with van der Waals surface area (Å²) >= 11 is 0. The number of anilines is 1. The minimum atomic E-state index is -3.40. The first kappa shape index (κ1) is 7.97. The predicted octanol–water partition coefficient (Wildman–Crippen LogP) is 1.86. The molecule has 0 unspecified atom stereocenters.